The number of hydrogen-bond acceptors (Lipinski definition) is 3. The average Bonchev–Trinajstić information content (AvgIpc) is 2.67. The smallest absolute Gasteiger partial charge is 0.222 e. The van der Waals surface area contributed by atoms with E-state index in [2.05, 4.69) is 40.8 Å². The van der Waals surface area contributed by atoms with E-state index in [-0.39, 0.29) is 5.60 Å². The second-order valence-corrected chi connectivity index (χ2v) is 6.58. The number of aromatic nitrogens is 1. The van der Waals surface area contributed by atoms with Crippen molar-refractivity contribution in [1.29, 1.82) is 0 Å². The minimum Gasteiger partial charge on any atom is -0.483 e. The maximum atomic E-state index is 6.00. The van der Waals surface area contributed by atoms with Crippen LogP contribution in [-0.4, -0.2) is 10.6 Å². The molecule has 0 aliphatic carbocycles. The van der Waals surface area contributed by atoms with Gasteiger partial charge in [0.25, 0.3) is 0 Å². The molecule has 1 aliphatic heterocycles. The third kappa shape index (κ3) is 2.52. The molecule has 0 radical (unpaired) electrons. The molecule has 0 saturated heterocycles. The number of ether oxygens (including phenoxy) is 2. The summed E-state index contributed by atoms with van der Waals surface area (Å²) in [6.07, 6.45) is 2.63. The Hall–Kier alpha value is -1.55. The van der Waals surface area contributed by atoms with Gasteiger partial charge in [-0.05, 0) is 48.8 Å². The Morgan fingerprint density at radius 2 is 2.15 bits per heavy atom. The van der Waals surface area contributed by atoms with E-state index in [1.807, 2.05) is 25.1 Å². The first kappa shape index (κ1) is 13.4. The highest BCUT2D eigenvalue weighted by atomic mass is 79.9. The van der Waals surface area contributed by atoms with E-state index in [4.69, 9.17) is 9.47 Å². The molecule has 2 heterocycles. The van der Waals surface area contributed by atoms with Crippen LogP contribution < -0.4 is 9.47 Å². The summed E-state index contributed by atoms with van der Waals surface area (Å²) in [4.78, 5) is 4.31. The zero-order chi connectivity index (χ0) is 14.3. The Balaban J connectivity index is 1.95. The van der Waals surface area contributed by atoms with Crippen LogP contribution in [0.1, 0.15) is 25.0 Å². The molecular formula is C16H16BrNO2. The molecule has 104 valence electrons. The molecule has 0 saturated carbocycles. The van der Waals surface area contributed by atoms with Gasteiger partial charge in [0.2, 0.25) is 5.88 Å². The fourth-order valence-corrected chi connectivity index (χ4v) is 2.85. The monoisotopic (exact) mass is 333 g/mol. The molecule has 3 rings (SSSR count). The second-order valence-electron chi connectivity index (χ2n) is 5.66. The first-order valence-electron chi connectivity index (χ1n) is 6.55. The minimum atomic E-state index is -0.177. The lowest BCUT2D eigenvalue weighted by Gasteiger charge is -2.18. The Kier molecular flexibility index (Phi) is 3.21. The first-order valence-corrected chi connectivity index (χ1v) is 7.35. The lowest BCUT2D eigenvalue weighted by Crippen LogP contribution is -2.24. The zero-order valence-corrected chi connectivity index (χ0v) is 13.3. The third-order valence-electron chi connectivity index (χ3n) is 3.26. The Labute approximate surface area is 127 Å². The molecule has 0 atom stereocenters. The molecule has 0 fully saturated rings. The summed E-state index contributed by atoms with van der Waals surface area (Å²) in [6.45, 7) is 6.14. The summed E-state index contributed by atoms with van der Waals surface area (Å²) < 4.78 is 12.9. The fourth-order valence-electron chi connectivity index (χ4n) is 2.41. The average molecular weight is 334 g/mol. The normalized spacial score (nSPS) is 15.6. The lowest BCUT2D eigenvalue weighted by molar-refractivity contribution is 0.135. The lowest BCUT2D eigenvalue weighted by atomic mass is 10.0. The van der Waals surface area contributed by atoms with Crippen LogP contribution in [0.5, 0.6) is 17.4 Å². The van der Waals surface area contributed by atoms with Gasteiger partial charge in [0.1, 0.15) is 5.60 Å². The summed E-state index contributed by atoms with van der Waals surface area (Å²) in [5.74, 6) is 2.17. The molecule has 0 amide bonds. The number of halogens is 1. The van der Waals surface area contributed by atoms with Crippen LogP contribution in [0.25, 0.3) is 0 Å². The van der Waals surface area contributed by atoms with Gasteiger partial charge in [-0.3, -0.25) is 0 Å². The maximum Gasteiger partial charge on any atom is 0.222 e. The number of para-hydroxylation sites is 1. The van der Waals surface area contributed by atoms with E-state index < -0.39 is 0 Å². The van der Waals surface area contributed by atoms with Crippen molar-refractivity contribution in [2.24, 2.45) is 0 Å². The quantitative estimate of drug-likeness (QED) is 0.800. The molecule has 20 heavy (non-hydrogen) atoms. The van der Waals surface area contributed by atoms with Crippen LogP contribution in [0.2, 0.25) is 0 Å². The van der Waals surface area contributed by atoms with Gasteiger partial charge in [-0.25, -0.2) is 4.98 Å². The molecule has 1 aromatic heterocycles. The molecule has 2 aromatic rings. The van der Waals surface area contributed by atoms with Crippen molar-refractivity contribution < 1.29 is 9.47 Å². The molecule has 0 N–H and O–H groups in total. The molecule has 0 spiro atoms. The van der Waals surface area contributed by atoms with Gasteiger partial charge in [0, 0.05) is 28.2 Å². The molecule has 1 aromatic carbocycles. The SMILES string of the molecule is Cc1cc(Br)cnc1Oc1cccc2c1OC(C)(C)C2. The van der Waals surface area contributed by atoms with Crippen LogP contribution >= 0.6 is 15.9 Å². The molecule has 0 bridgehead atoms. The summed E-state index contributed by atoms with van der Waals surface area (Å²) in [6, 6.07) is 7.98. The molecular weight excluding hydrogens is 318 g/mol. The zero-order valence-electron chi connectivity index (χ0n) is 11.7. The van der Waals surface area contributed by atoms with Gasteiger partial charge in [-0.1, -0.05) is 12.1 Å². The summed E-state index contributed by atoms with van der Waals surface area (Å²) in [5, 5.41) is 0. The predicted octanol–water partition coefficient (Wildman–Crippen LogP) is 4.66. The van der Waals surface area contributed by atoms with Crippen LogP contribution in [0.15, 0.2) is 34.9 Å². The molecule has 4 heteroatoms. The number of pyridine rings is 1. The van der Waals surface area contributed by atoms with Crippen molar-refractivity contribution in [3.63, 3.8) is 0 Å². The van der Waals surface area contributed by atoms with Crippen molar-refractivity contribution in [2.75, 3.05) is 0 Å². The first-order chi connectivity index (χ1) is 9.44. The highest BCUT2D eigenvalue weighted by Crippen LogP contribution is 2.43. The molecule has 3 nitrogen and oxygen atoms in total. The van der Waals surface area contributed by atoms with Crippen molar-refractivity contribution in [1.82, 2.24) is 4.98 Å². The summed E-state index contributed by atoms with van der Waals surface area (Å²) in [5.41, 5.74) is 1.99. The number of hydrogen-bond donors (Lipinski definition) is 0. The van der Waals surface area contributed by atoms with Gasteiger partial charge in [-0.15, -0.1) is 0 Å². The third-order valence-corrected chi connectivity index (χ3v) is 3.69. The minimum absolute atomic E-state index is 0.177. The van der Waals surface area contributed by atoms with Gasteiger partial charge in [0.05, 0.1) is 0 Å². The van der Waals surface area contributed by atoms with E-state index in [0.29, 0.717) is 5.88 Å². The van der Waals surface area contributed by atoms with Crippen LogP contribution in [0, 0.1) is 6.92 Å². The van der Waals surface area contributed by atoms with Crippen molar-refractivity contribution in [3.05, 3.63) is 46.1 Å². The topological polar surface area (TPSA) is 31.4 Å². The van der Waals surface area contributed by atoms with Gasteiger partial charge >= 0.3 is 0 Å². The van der Waals surface area contributed by atoms with E-state index in [1.54, 1.807) is 6.20 Å². The number of nitrogens with zero attached hydrogens (tertiary/aromatic N) is 1. The standard InChI is InChI=1S/C16H16BrNO2/c1-10-7-12(17)9-18-15(10)19-13-6-4-5-11-8-16(2,3)20-14(11)13/h4-7,9H,8H2,1-3H3. The highest BCUT2D eigenvalue weighted by molar-refractivity contribution is 9.10. The van der Waals surface area contributed by atoms with E-state index in [1.165, 1.54) is 5.56 Å². The van der Waals surface area contributed by atoms with E-state index >= 15 is 0 Å². The molecule has 1 aliphatic rings. The fraction of sp³-hybridized carbons (Fsp3) is 0.312. The number of benzene rings is 1. The summed E-state index contributed by atoms with van der Waals surface area (Å²) in [7, 11) is 0. The van der Waals surface area contributed by atoms with Crippen LogP contribution in [0.3, 0.4) is 0 Å². The predicted molar refractivity (Wildman–Crippen MR) is 81.6 cm³/mol. The van der Waals surface area contributed by atoms with Crippen LogP contribution in [-0.2, 0) is 6.42 Å². The Bertz CT molecular complexity index is 668. The maximum absolute atomic E-state index is 6.00. The van der Waals surface area contributed by atoms with Crippen molar-refractivity contribution >= 4 is 15.9 Å². The van der Waals surface area contributed by atoms with Gasteiger partial charge < -0.3 is 9.47 Å². The number of rotatable bonds is 2. The number of aryl methyl sites for hydroxylation is 1. The number of fused-ring (bicyclic) bond motifs is 1. The Morgan fingerprint density at radius 3 is 2.90 bits per heavy atom. The van der Waals surface area contributed by atoms with Crippen molar-refractivity contribution in [2.45, 2.75) is 32.8 Å². The van der Waals surface area contributed by atoms with Gasteiger partial charge in [0.15, 0.2) is 11.5 Å². The summed E-state index contributed by atoms with van der Waals surface area (Å²) >= 11 is 3.40. The molecule has 0 unspecified atom stereocenters. The largest absolute Gasteiger partial charge is 0.483 e. The second kappa shape index (κ2) is 4.77. The Morgan fingerprint density at radius 1 is 1.35 bits per heavy atom. The van der Waals surface area contributed by atoms with Gasteiger partial charge in [-0.2, -0.15) is 0 Å². The van der Waals surface area contributed by atoms with E-state index in [0.717, 1.165) is 28.0 Å². The van der Waals surface area contributed by atoms with E-state index in [9.17, 15) is 0 Å². The van der Waals surface area contributed by atoms with Crippen molar-refractivity contribution in [3.8, 4) is 17.4 Å². The highest BCUT2D eigenvalue weighted by Gasteiger charge is 2.32. The van der Waals surface area contributed by atoms with Crippen LogP contribution in [0.4, 0.5) is 0 Å².